The summed E-state index contributed by atoms with van der Waals surface area (Å²) in [5.41, 5.74) is 0.982. The summed E-state index contributed by atoms with van der Waals surface area (Å²) in [6, 6.07) is 0. The highest BCUT2D eigenvalue weighted by Crippen LogP contribution is 2.25. The summed E-state index contributed by atoms with van der Waals surface area (Å²) in [5, 5.41) is 0. The molecule has 2 heterocycles. The molecule has 0 saturated heterocycles. The second-order valence-corrected chi connectivity index (χ2v) is 4.71. The first kappa shape index (κ1) is 15.8. The first-order valence-corrected chi connectivity index (χ1v) is 6.86. The predicted molar refractivity (Wildman–Crippen MR) is 71.3 cm³/mol. The van der Waals surface area contributed by atoms with Crippen LogP contribution in [-0.2, 0) is 12.4 Å². The molecule has 0 unspecified atom stereocenters. The number of imidazole rings is 1. The third kappa shape index (κ3) is 3.75. The number of alkyl halides is 4. The molecule has 116 valence electrons. The lowest BCUT2D eigenvalue weighted by atomic mass is 10.2. The van der Waals surface area contributed by atoms with Crippen LogP contribution < -0.4 is 4.74 Å². The molecular weight excluding hydrogens is 309 g/mol. The van der Waals surface area contributed by atoms with Gasteiger partial charge in [-0.3, -0.25) is 0 Å². The Hall–Kier alpha value is -1.57. The Kier molecular flexibility index (Phi) is 4.87. The van der Waals surface area contributed by atoms with Gasteiger partial charge in [-0.2, -0.15) is 18.2 Å². The maximum absolute atomic E-state index is 12.1. The van der Waals surface area contributed by atoms with E-state index in [4.69, 9.17) is 16.3 Å². The van der Waals surface area contributed by atoms with Crippen molar-refractivity contribution in [3.63, 3.8) is 0 Å². The molecule has 0 aliphatic rings. The van der Waals surface area contributed by atoms with Crippen LogP contribution in [0.3, 0.4) is 0 Å². The highest BCUT2D eigenvalue weighted by Gasteiger charge is 2.26. The summed E-state index contributed by atoms with van der Waals surface area (Å²) in [5.74, 6) is 0.997. The van der Waals surface area contributed by atoms with Crippen LogP contribution in [0.5, 0.6) is 5.88 Å². The van der Waals surface area contributed by atoms with E-state index in [0.717, 1.165) is 0 Å². The van der Waals surface area contributed by atoms with Gasteiger partial charge in [0, 0.05) is 13.0 Å². The van der Waals surface area contributed by atoms with Gasteiger partial charge in [0.1, 0.15) is 12.2 Å². The number of hydrogen-bond acceptors (Lipinski definition) is 4. The second kappa shape index (κ2) is 6.46. The van der Waals surface area contributed by atoms with Crippen molar-refractivity contribution in [2.24, 2.45) is 0 Å². The molecule has 0 N–H and O–H groups in total. The summed E-state index contributed by atoms with van der Waals surface area (Å²) in [6.45, 7) is 0.370. The van der Waals surface area contributed by atoms with Crippen LogP contribution in [0.1, 0.15) is 25.1 Å². The minimum Gasteiger partial charge on any atom is -0.479 e. The van der Waals surface area contributed by atoms with Crippen molar-refractivity contribution in [2.45, 2.75) is 37.9 Å². The summed E-state index contributed by atoms with van der Waals surface area (Å²) in [4.78, 5) is 12.3. The maximum Gasteiger partial charge on any atom is 0.389 e. The van der Waals surface area contributed by atoms with Crippen molar-refractivity contribution in [2.75, 3.05) is 7.11 Å². The molecular formula is C12H14ClF3N4O. The largest absolute Gasteiger partial charge is 0.479 e. The van der Waals surface area contributed by atoms with Crippen LogP contribution in [0.2, 0.25) is 0 Å². The number of rotatable bonds is 6. The van der Waals surface area contributed by atoms with E-state index in [1.165, 1.54) is 13.4 Å². The summed E-state index contributed by atoms with van der Waals surface area (Å²) in [6.07, 6.45) is -3.19. The number of aromatic nitrogens is 4. The average Bonchev–Trinajstić information content (AvgIpc) is 2.80. The van der Waals surface area contributed by atoms with E-state index >= 15 is 0 Å². The van der Waals surface area contributed by atoms with Gasteiger partial charge in [-0.1, -0.05) is 0 Å². The number of fused-ring (bicyclic) bond motifs is 1. The standard InChI is InChI=1S/C12H14ClF3N4O/c1-21-11-9-10(17-7-18-11)20(8(6-13)19-9)5-3-2-4-12(14,15)16/h7H,2-6H2,1H3. The fraction of sp³-hybridized carbons (Fsp3) is 0.583. The average molecular weight is 323 g/mol. The van der Waals surface area contributed by atoms with E-state index in [9.17, 15) is 13.2 Å². The van der Waals surface area contributed by atoms with E-state index in [-0.39, 0.29) is 12.3 Å². The van der Waals surface area contributed by atoms with Crippen molar-refractivity contribution < 1.29 is 17.9 Å². The molecule has 0 radical (unpaired) electrons. The monoisotopic (exact) mass is 322 g/mol. The van der Waals surface area contributed by atoms with E-state index in [2.05, 4.69) is 15.0 Å². The number of methoxy groups -OCH3 is 1. The third-order valence-electron chi connectivity index (χ3n) is 2.98. The number of ether oxygens (including phenoxy) is 1. The lowest BCUT2D eigenvalue weighted by Gasteiger charge is -2.08. The first-order chi connectivity index (χ1) is 9.96. The Bertz CT molecular complexity index is 614. The van der Waals surface area contributed by atoms with Crippen molar-refractivity contribution in [3.8, 4) is 5.88 Å². The highest BCUT2D eigenvalue weighted by atomic mass is 35.5. The molecule has 2 aromatic rings. The van der Waals surface area contributed by atoms with E-state index in [1.54, 1.807) is 4.57 Å². The molecule has 2 aromatic heterocycles. The van der Waals surface area contributed by atoms with Crippen LogP contribution in [0, 0.1) is 0 Å². The lowest BCUT2D eigenvalue weighted by molar-refractivity contribution is -0.135. The minimum atomic E-state index is -4.13. The van der Waals surface area contributed by atoms with Gasteiger partial charge in [0.25, 0.3) is 0 Å². The number of nitrogens with zero attached hydrogens (tertiary/aromatic N) is 4. The van der Waals surface area contributed by atoms with Gasteiger partial charge in [-0.15, -0.1) is 11.6 Å². The molecule has 0 atom stereocenters. The summed E-state index contributed by atoms with van der Waals surface area (Å²) >= 11 is 5.83. The molecule has 0 fully saturated rings. The number of unbranched alkanes of at least 4 members (excludes halogenated alkanes) is 1. The number of hydrogen-bond donors (Lipinski definition) is 0. The topological polar surface area (TPSA) is 52.8 Å². The van der Waals surface area contributed by atoms with Gasteiger partial charge < -0.3 is 9.30 Å². The summed E-state index contributed by atoms with van der Waals surface area (Å²) < 4.78 is 43.2. The van der Waals surface area contributed by atoms with Crippen LogP contribution in [0.15, 0.2) is 6.33 Å². The van der Waals surface area contributed by atoms with Gasteiger partial charge in [0.2, 0.25) is 5.88 Å². The van der Waals surface area contributed by atoms with Crippen molar-refractivity contribution in [1.82, 2.24) is 19.5 Å². The molecule has 0 bridgehead atoms. The van der Waals surface area contributed by atoms with E-state index in [0.29, 0.717) is 35.8 Å². The fourth-order valence-corrected chi connectivity index (χ4v) is 2.25. The van der Waals surface area contributed by atoms with Crippen LogP contribution in [0.25, 0.3) is 11.2 Å². The van der Waals surface area contributed by atoms with Gasteiger partial charge in [-0.25, -0.2) is 9.97 Å². The van der Waals surface area contributed by atoms with Crippen molar-refractivity contribution in [1.29, 1.82) is 0 Å². The Morgan fingerprint density at radius 3 is 2.67 bits per heavy atom. The Labute approximate surface area is 124 Å². The zero-order valence-corrected chi connectivity index (χ0v) is 12.1. The maximum atomic E-state index is 12.1. The van der Waals surface area contributed by atoms with Gasteiger partial charge in [-0.05, 0) is 12.8 Å². The number of halogens is 4. The molecule has 0 saturated carbocycles. The highest BCUT2D eigenvalue weighted by molar-refractivity contribution is 6.16. The normalized spacial score (nSPS) is 12.0. The summed E-state index contributed by atoms with van der Waals surface area (Å²) in [7, 11) is 1.46. The smallest absolute Gasteiger partial charge is 0.389 e. The molecule has 5 nitrogen and oxygen atoms in total. The molecule has 0 aliphatic carbocycles. The molecule has 21 heavy (non-hydrogen) atoms. The minimum absolute atomic E-state index is 0.0487. The van der Waals surface area contributed by atoms with Gasteiger partial charge in [0.05, 0.1) is 13.0 Å². The Balaban J connectivity index is 2.18. The quantitative estimate of drug-likeness (QED) is 0.605. The van der Waals surface area contributed by atoms with Crippen molar-refractivity contribution >= 4 is 22.8 Å². The van der Waals surface area contributed by atoms with E-state index < -0.39 is 12.6 Å². The fourth-order valence-electron chi connectivity index (χ4n) is 2.04. The molecule has 0 amide bonds. The third-order valence-corrected chi connectivity index (χ3v) is 3.22. The zero-order valence-electron chi connectivity index (χ0n) is 11.3. The Morgan fingerprint density at radius 1 is 1.29 bits per heavy atom. The van der Waals surface area contributed by atoms with Gasteiger partial charge >= 0.3 is 6.18 Å². The first-order valence-electron chi connectivity index (χ1n) is 6.33. The van der Waals surface area contributed by atoms with Crippen molar-refractivity contribution in [3.05, 3.63) is 12.2 Å². The van der Waals surface area contributed by atoms with Crippen LogP contribution in [-0.4, -0.2) is 32.8 Å². The number of aryl methyl sites for hydroxylation is 1. The van der Waals surface area contributed by atoms with Crippen LogP contribution >= 0.6 is 11.6 Å². The molecule has 2 rings (SSSR count). The van der Waals surface area contributed by atoms with Gasteiger partial charge in [0.15, 0.2) is 11.2 Å². The van der Waals surface area contributed by atoms with E-state index in [1.807, 2.05) is 0 Å². The molecule has 0 spiro atoms. The predicted octanol–water partition coefficient (Wildman–Crippen LogP) is 3.31. The lowest BCUT2D eigenvalue weighted by Crippen LogP contribution is -2.08. The SMILES string of the molecule is COc1ncnc2c1nc(CCl)n2CCCCC(F)(F)F. The zero-order chi connectivity index (χ0) is 15.5. The molecule has 0 aliphatic heterocycles. The molecule has 0 aromatic carbocycles. The second-order valence-electron chi connectivity index (χ2n) is 4.44. The Morgan fingerprint density at radius 2 is 2.05 bits per heavy atom. The molecule has 9 heteroatoms. The van der Waals surface area contributed by atoms with Crippen LogP contribution in [0.4, 0.5) is 13.2 Å².